The first-order valence-electron chi connectivity index (χ1n) is 9.82. The zero-order chi connectivity index (χ0) is 18.5. The van der Waals surface area contributed by atoms with E-state index in [1.165, 1.54) is 24.9 Å². The van der Waals surface area contributed by atoms with Crippen LogP contribution in [0.2, 0.25) is 0 Å². The summed E-state index contributed by atoms with van der Waals surface area (Å²) in [4.78, 5) is 2.49. The van der Waals surface area contributed by atoms with Gasteiger partial charge in [-0.1, -0.05) is 18.2 Å². The average Bonchev–Trinajstić information content (AvgIpc) is 3.28. The molecule has 152 valence electrons. The lowest BCUT2D eigenvalue weighted by Gasteiger charge is -2.26. The second-order valence-electron chi connectivity index (χ2n) is 7.16. The van der Waals surface area contributed by atoms with Crippen molar-refractivity contribution in [2.24, 2.45) is 7.05 Å². The zero-order valence-corrected chi connectivity index (χ0v) is 17.2. The van der Waals surface area contributed by atoms with Crippen LogP contribution in [0.1, 0.15) is 18.4 Å². The van der Waals surface area contributed by atoms with E-state index in [9.17, 15) is 0 Å². The summed E-state index contributed by atoms with van der Waals surface area (Å²) in [5, 5.41) is 9.29. The third-order valence-electron chi connectivity index (χ3n) is 5.06. The van der Waals surface area contributed by atoms with Crippen molar-refractivity contribution in [1.29, 1.82) is 0 Å². The van der Waals surface area contributed by atoms with Gasteiger partial charge in [-0.25, -0.2) is 0 Å². The first kappa shape index (κ1) is 20.9. The molecule has 7 heteroatoms. The number of hydrogen-bond acceptors (Lipinski definition) is 5. The van der Waals surface area contributed by atoms with Gasteiger partial charge in [-0.05, 0) is 38.1 Å². The molecule has 3 heterocycles. The summed E-state index contributed by atoms with van der Waals surface area (Å²) in [6.45, 7) is 6.89. The van der Waals surface area contributed by atoms with Gasteiger partial charge in [0.25, 0.3) is 0 Å². The molecule has 4 rings (SSSR count). The second kappa shape index (κ2) is 10.1. The Morgan fingerprint density at radius 2 is 1.96 bits per heavy atom. The molecule has 0 amide bonds. The number of unbranched alkanes of at least 4 members (excludes halogenated alkanes) is 1. The number of furan rings is 1. The normalized spacial score (nSPS) is 15.0. The summed E-state index contributed by atoms with van der Waals surface area (Å²) in [6.07, 6.45) is 4.47. The number of aryl methyl sites for hydroxylation is 1. The van der Waals surface area contributed by atoms with Crippen molar-refractivity contribution in [2.45, 2.75) is 19.4 Å². The van der Waals surface area contributed by atoms with Gasteiger partial charge in [0.2, 0.25) is 0 Å². The largest absolute Gasteiger partial charge is 0.454 e. The van der Waals surface area contributed by atoms with E-state index in [-0.39, 0.29) is 12.4 Å². The fraction of sp³-hybridized carbons (Fsp3) is 0.476. The maximum Gasteiger partial charge on any atom is 0.156 e. The number of hydrogen-bond donors (Lipinski definition) is 1. The van der Waals surface area contributed by atoms with E-state index in [0.29, 0.717) is 0 Å². The van der Waals surface area contributed by atoms with Crippen molar-refractivity contribution in [3.63, 3.8) is 0 Å². The van der Waals surface area contributed by atoms with Crippen LogP contribution in [0.4, 0.5) is 0 Å². The lowest BCUT2D eigenvalue weighted by molar-refractivity contribution is 0.0372. The molecular formula is C21H29ClN4O2. The predicted octanol–water partition coefficient (Wildman–Crippen LogP) is 3.46. The average molecular weight is 405 g/mol. The number of benzene rings is 1. The van der Waals surface area contributed by atoms with E-state index >= 15 is 0 Å². The number of nitrogens with one attached hydrogen (secondary N) is 1. The third kappa shape index (κ3) is 5.14. The van der Waals surface area contributed by atoms with Crippen LogP contribution in [0.3, 0.4) is 0 Å². The summed E-state index contributed by atoms with van der Waals surface area (Å²) in [5.74, 6) is 0.834. The Bertz CT molecular complexity index is 837. The van der Waals surface area contributed by atoms with Crippen LogP contribution in [0, 0.1) is 0 Å². The summed E-state index contributed by atoms with van der Waals surface area (Å²) in [5.41, 5.74) is 3.00. The molecule has 1 aliphatic heterocycles. The van der Waals surface area contributed by atoms with Crippen molar-refractivity contribution >= 4 is 23.4 Å². The number of ether oxygens (including phenoxy) is 1. The van der Waals surface area contributed by atoms with Crippen LogP contribution in [-0.2, 0) is 18.3 Å². The third-order valence-corrected chi connectivity index (χ3v) is 5.06. The molecule has 0 bridgehead atoms. The Balaban J connectivity index is 0.00000225. The van der Waals surface area contributed by atoms with Gasteiger partial charge in [-0.2, -0.15) is 5.10 Å². The number of morpholine rings is 1. The van der Waals surface area contributed by atoms with Crippen LogP contribution in [0.15, 0.2) is 40.9 Å². The lowest BCUT2D eigenvalue weighted by Crippen LogP contribution is -2.37. The fourth-order valence-corrected chi connectivity index (χ4v) is 3.61. The molecule has 0 radical (unpaired) electrons. The van der Waals surface area contributed by atoms with Gasteiger partial charge >= 0.3 is 0 Å². The van der Waals surface area contributed by atoms with Crippen molar-refractivity contribution in [3.8, 4) is 11.5 Å². The van der Waals surface area contributed by atoms with Gasteiger partial charge in [0.05, 0.1) is 13.2 Å². The maximum absolute atomic E-state index is 6.00. The summed E-state index contributed by atoms with van der Waals surface area (Å²) in [7, 11) is 1.96. The fourth-order valence-electron chi connectivity index (χ4n) is 3.61. The molecule has 0 atom stereocenters. The van der Waals surface area contributed by atoms with Crippen LogP contribution < -0.4 is 5.32 Å². The molecule has 1 aromatic carbocycles. The van der Waals surface area contributed by atoms with E-state index in [1.54, 1.807) is 0 Å². The Morgan fingerprint density at radius 3 is 2.79 bits per heavy atom. The first-order chi connectivity index (χ1) is 13.3. The van der Waals surface area contributed by atoms with Crippen LogP contribution >= 0.6 is 12.4 Å². The van der Waals surface area contributed by atoms with Crippen molar-refractivity contribution < 1.29 is 9.15 Å². The SMILES string of the molecule is Cl.Cn1cc(CNCCCCN2CCOCC2)c(-c2cc3ccccc3o2)n1. The number of aromatic nitrogens is 2. The molecular weight excluding hydrogens is 376 g/mol. The molecule has 2 aromatic heterocycles. The van der Waals surface area contributed by atoms with E-state index in [1.807, 2.05) is 29.9 Å². The highest BCUT2D eigenvalue weighted by molar-refractivity contribution is 5.85. The monoisotopic (exact) mass is 404 g/mol. The van der Waals surface area contributed by atoms with Crippen molar-refractivity contribution in [2.75, 3.05) is 39.4 Å². The molecule has 0 saturated carbocycles. The quantitative estimate of drug-likeness (QED) is 0.583. The molecule has 0 unspecified atom stereocenters. The second-order valence-corrected chi connectivity index (χ2v) is 7.16. The molecule has 1 fully saturated rings. The highest BCUT2D eigenvalue weighted by atomic mass is 35.5. The number of halogens is 1. The van der Waals surface area contributed by atoms with Crippen LogP contribution in [-0.4, -0.2) is 54.1 Å². The Labute approximate surface area is 172 Å². The minimum absolute atomic E-state index is 0. The molecule has 28 heavy (non-hydrogen) atoms. The van der Waals surface area contributed by atoms with Gasteiger partial charge in [-0.3, -0.25) is 9.58 Å². The van der Waals surface area contributed by atoms with E-state index in [2.05, 4.69) is 33.6 Å². The Hall–Kier alpha value is -1.86. The van der Waals surface area contributed by atoms with E-state index in [4.69, 9.17) is 9.15 Å². The standard InChI is InChI=1S/C21H28N4O2.ClH/c1-24-16-18(15-22-8-4-5-9-25-10-12-26-13-11-25)21(23-24)20-14-17-6-2-3-7-19(17)27-20;/h2-3,6-7,14,16,22H,4-5,8-13,15H2,1H3;1H. The molecule has 1 saturated heterocycles. The maximum atomic E-state index is 6.00. The molecule has 1 aliphatic rings. The predicted molar refractivity (Wildman–Crippen MR) is 114 cm³/mol. The smallest absolute Gasteiger partial charge is 0.156 e. The first-order valence-corrected chi connectivity index (χ1v) is 9.82. The molecule has 0 spiro atoms. The highest BCUT2D eigenvalue weighted by Crippen LogP contribution is 2.28. The minimum atomic E-state index is 0. The molecule has 3 aromatic rings. The molecule has 0 aliphatic carbocycles. The molecule has 6 nitrogen and oxygen atoms in total. The van der Waals surface area contributed by atoms with Crippen LogP contribution in [0.5, 0.6) is 0 Å². The number of fused-ring (bicyclic) bond motifs is 1. The minimum Gasteiger partial charge on any atom is -0.454 e. The van der Waals surface area contributed by atoms with Gasteiger partial charge in [-0.15, -0.1) is 12.4 Å². The molecule has 1 N–H and O–H groups in total. The van der Waals surface area contributed by atoms with Crippen LogP contribution in [0.25, 0.3) is 22.4 Å². The topological polar surface area (TPSA) is 55.5 Å². The van der Waals surface area contributed by atoms with Crippen molar-refractivity contribution in [3.05, 3.63) is 42.1 Å². The lowest BCUT2D eigenvalue weighted by atomic mass is 10.2. The van der Waals surface area contributed by atoms with Gasteiger partial charge < -0.3 is 14.5 Å². The van der Waals surface area contributed by atoms with E-state index < -0.39 is 0 Å². The Morgan fingerprint density at radius 1 is 1.14 bits per heavy atom. The van der Waals surface area contributed by atoms with Gasteiger partial charge in [0.1, 0.15) is 11.3 Å². The van der Waals surface area contributed by atoms with Crippen molar-refractivity contribution in [1.82, 2.24) is 20.0 Å². The summed E-state index contributed by atoms with van der Waals surface area (Å²) in [6, 6.07) is 10.2. The Kier molecular flexibility index (Phi) is 7.50. The number of rotatable bonds is 8. The van der Waals surface area contributed by atoms with E-state index in [0.717, 1.165) is 61.8 Å². The van der Waals surface area contributed by atoms with Gasteiger partial charge in [0, 0.05) is 43.8 Å². The van der Waals surface area contributed by atoms with Gasteiger partial charge in [0.15, 0.2) is 5.76 Å². The zero-order valence-electron chi connectivity index (χ0n) is 16.4. The number of nitrogens with zero attached hydrogens (tertiary/aromatic N) is 3. The summed E-state index contributed by atoms with van der Waals surface area (Å²) >= 11 is 0. The number of para-hydroxylation sites is 1. The summed E-state index contributed by atoms with van der Waals surface area (Å²) < 4.78 is 13.3. The highest BCUT2D eigenvalue weighted by Gasteiger charge is 2.14.